The zero-order valence-electron chi connectivity index (χ0n) is 22.2. The molecule has 9 heteroatoms. The highest BCUT2D eigenvalue weighted by molar-refractivity contribution is 6.21. The monoisotopic (exact) mass is 542 g/mol. The van der Waals surface area contributed by atoms with E-state index in [4.69, 9.17) is 4.99 Å². The van der Waals surface area contributed by atoms with Crippen molar-refractivity contribution in [3.8, 4) is 0 Å². The number of nitrogens with zero attached hydrogens (tertiary/aromatic N) is 3. The molecule has 41 heavy (non-hydrogen) atoms. The largest absolute Gasteiger partial charge is 0.345 e. The second kappa shape index (κ2) is 10.9. The number of rotatable bonds is 6. The molecule has 0 saturated heterocycles. The number of carbonyl (C=O) groups is 3. The van der Waals surface area contributed by atoms with Crippen molar-refractivity contribution < 1.29 is 14.4 Å². The summed E-state index contributed by atoms with van der Waals surface area (Å²) in [7, 11) is 0. The molecule has 0 saturated carbocycles. The number of fused-ring (bicyclic) bond motifs is 2. The summed E-state index contributed by atoms with van der Waals surface area (Å²) in [4.78, 5) is 54.1. The Morgan fingerprint density at radius 2 is 1.68 bits per heavy atom. The smallest absolute Gasteiger partial charge is 0.321 e. The molecule has 5 aromatic rings. The molecule has 202 valence electrons. The first-order chi connectivity index (χ1) is 20.0. The van der Waals surface area contributed by atoms with Gasteiger partial charge >= 0.3 is 6.03 Å². The van der Waals surface area contributed by atoms with Crippen LogP contribution in [-0.4, -0.2) is 46.1 Å². The number of ketones is 1. The summed E-state index contributed by atoms with van der Waals surface area (Å²) < 4.78 is 0. The van der Waals surface area contributed by atoms with E-state index in [9.17, 15) is 14.4 Å². The van der Waals surface area contributed by atoms with Gasteiger partial charge in [-0.25, -0.2) is 14.8 Å². The Bertz CT molecular complexity index is 1810. The molecule has 3 amide bonds. The highest BCUT2D eigenvalue weighted by atomic mass is 16.2. The summed E-state index contributed by atoms with van der Waals surface area (Å²) in [5, 5.41) is 5.49. The molecular formula is C32H26N6O3. The summed E-state index contributed by atoms with van der Waals surface area (Å²) in [6.07, 6.45) is 0.277. The van der Waals surface area contributed by atoms with Crippen molar-refractivity contribution in [2.24, 2.45) is 4.99 Å². The van der Waals surface area contributed by atoms with Gasteiger partial charge in [-0.05, 0) is 36.8 Å². The van der Waals surface area contributed by atoms with Crippen molar-refractivity contribution in [1.82, 2.24) is 15.3 Å². The molecule has 4 aromatic carbocycles. The molecule has 1 aliphatic rings. The molecule has 1 atom stereocenters. The third-order valence-electron chi connectivity index (χ3n) is 6.95. The SMILES string of the molecule is Cc1ccccc1C(=O)CN1C(=O)[C@H](NC(=O)Nc2ccc3[nH]cnc3c2)N=C(c2ccccc2)c2ccccc21. The molecule has 1 aliphatic heterocycles. The number of aliphatic imine (C=N–C) groups is 1. The summed E-state index contributed by atoms with van der Waals surface area (Å²) in [5.41, 5.74) is 5.89. The number of para-hydroxylation sites is 1. The number of nitrogens with one attached hydrogen (secondary N) is 3. The van der Waals surface area contributed by atoms with Crippen LogP contribution in [-0.2, 0) is 4.79 Å². The van der Waals surface area contributed by atoms with Crippen LogP contribution in [0.5, 0.6) is 0 Å². The van der Waals surface area contributed by atoms with E-state index in [2.05, 4.69) is 20.6 Å². The van der Waals surface area contributed by atoms with E-state index in [-0.39, 0.29) is 12.3 Å². The van der Waals surface area contributed by atoms with Crippen LogP contribution in [0.3, 0.4) is 0 Å². The molecule has 0 bridgehead atoms. The fourth-order valence-electron chi connectivity index (χ4n) is 4.93. The van der Waals surface area contributed by atoms with Crippen molar-refractivity contribution in [2.45, 2.75) is 13.1 Å². The molecule has 9 nitrogen and oxygen atoms in total. The number of anilines is 2. The average Bonchev–Trinajstić information content (AvgIpc) is 3.42. The number of imidazole rings is 1. The molecule has 3 N–H and O–H groups in total. The van der Waals surface area contributed by atoms with E-state index >= 15 is 0 Å². The molecule has 0 radical (unpaired) electrons. The average molecular weight is 543 g/mol. The van der Waals surface area contributed by atoms with Gasteiger partial charge in [-0.2, -0.15) is 0 Å². The van der Waals surface area contributed by atoms with E-state index in [0.29, 0.717) is 33.7 Å². The molecule has 6 rings (SSSR count). The molecule has 1 aromatic heterocycles. The summed E-state index contributed by atoms with van der Waals surface area (Å²) >= 11 is 0. The van der Waals surface area contributed by atoms with Gasteiger partial charge in [-0.3, -0.25) is 9.59 Å². The van der Waals surface area contributed by atoms with Crippen LogP contribution >= 0.6 is 0 Å². The van der Waals surface area contributed by atoms with E-state index in [1.807, 2.05) is 67.6 Å². The Labute approximate surface area is 236 Å². The molecule has 2 heterocycles. The fourth-order valence-corrected chi connectivity index (χ4v) is 4.93. The Hall–Kier alpha value is -5.57. The first-order valence-electron chi connectivity index (χ1n) is 13.1. The zero-order chi connectivity index (χ0) is 28.3. The third-order valence-corrected chi connectivity index (χ3v) is 6.95. The Morgan fingerprint density at radius 3 is 2.51 bits per heavy atom. The quantitative estimate of drug-likeness (QED) is 0.259. The normalized spacial score (nSPS) is 14.7. The van der Waals surface area contributed by atoms with Gasteiger partial charge in [0.15, 0.2) is 5.78 Å². The second-order valence-corrected chi connectivity index (χ2v) is 9.66. The van der Waals surface area contributed by atoms with Crippen molar-refractivity contribution in [3.05, 3.63) is 126 Å². The van der Waals surface area contributed by atoms with Gasteiger partial charge in [0.2, 0.25) is 6.17 Å². The van der Waals surface area contributed by atoms with Gasteiger partial charge in [0.25, 0.3) is 5.91 Å². The van der Waals surface area contributed by atoms with Crippen LogP contribution in [0, 0.1) is 6.92 Å². The number of hydrogen-bond acceptors (Lipinski definition) is 5. The maximum Gasteiger partial charge on any atom is 0.321 e. The van der Waals surface area contributed by atoms with E-state index in [1.54, 1.807) is 42.7 Å². The first kappa shape index (κ1) is 25.7. The summed E-state index contributed by atoms with van der Waals surface area (Å²) in [6.45, 7) is 1.64. The van der Waals surface area contributed by atoms with Gasteiger partial charge in [-0.1, -0.05) is 72.8 Å². The minimum absolute atomic E-state index is 0.214. The number of urea groups is 1. The fraction of sp³-hybridized carbons (Fsp3) is 0.0938. The number of aromatic nitrogens is 2. The Morgan fingerprint density at radius 1 is 0.927 bits per heavy atom. The number of amides is 3. The molecule has 0 fully saturated rings. The maximum atomic E-state index is 14.1. The maximum absolute atomic E-state index is 14.1. The number of carbonyl (C=O) groups excluding carboxylic acids is 3. The van der Waals surface area contributed by atoms with Gasteiger partial charge < -0.3 is 20.5 Å². The number of hydrogen-bond donors (Lipinski definition) is 3. The van der Waals surface area contributed by atoms with E-state index in [1.165, 1.54) is 4.90 Å². The van der Waals surface area contributed by atoms with Crippen LogP contribution in [0.15, 0.2) is 108 Å². The molecule has 0 unspecified atom stereocenters. The number of H-pyrrole nitrogens is 1. The van der Waals surface area contributed by atoms with E-state index < -0.39 is 18.1 Å². The highest BCUT2D eigenvalue weighted by Crippen LogP contribution is 2.29. The van der Waals surface area contributed by atoms with Gasteiger partial charge in [0.05, 0.1) is 35.3 Å². The lowest BCUT2D eigenvalue weighted by molar-refractivity contribution is -0.120. The number of aromatic amines is 1. The van der Waals surface area contributed by atoms with Gasteiger partial charge in [0.1, 0.15) is 0 Å². The molecule has 0 aliphatic carbocycles. The third kappa shape index (κ3) is 5.20. The first-order valence-corrected chi connectivity index (χ1v) is 13.1. The standard InChI is InChI=1S/C32H26N6O3/c1-20-9-5-6-12-23(20)28(39)18-38-27-14-8-7-13-24(27)29(21-10-3-2-4-11-21)36-30(31(38)40)37-32(41)35-22-15-16-25-26(17-22)34-19-33-25/h2-17,19,30H,18H2,1H3,(H,33,34)(H2,35,37,41)/t30-/m0/s1. The molecule has 0 spiro atoms. The Balaban J connectivity index is 1.37. The lowest BCUT2D eigenvalue weighted by Gasteiger charge is -2.25. The second-order valence-electron chi connectivity index (χ2n) is 9.66. The minimum Gasteiger partial charge on any atom is -0.345 e. The van der Waals surface area contributed by atoms with E-state index in [0.717, 1.165) is 16.6 Å². The highest BCUT2D eigenvalue weighted by Gasteiger charge is 2.34. The van der Waals surface area contributed by atoms with Crippen molar-refractivity contribution in [3.63, 3.8) is 0 Å². The summed E-state index contributed by atoms with van der Waals surface area (Å²) in [6, 6.07) is 28.7. The van der Waals surface area contributed by atoms with Crippen molar-refractivity contribution in [2.75, 3.05) is 16.8 Å². The Kier molecular flexibility index (Phi) is 6.83. The number of benzene rings is 4. The lowest BCUT2D eigenvalue weighted by Crippen LogP contribution is -2.50. The minimum atomic E-state index is -1.30. The lowest BCUT2D eigenvalue weighted by atomic mass is 9.99. The van der Waals surface area contributed by atoms with Crippen LogP contribution in [0.1, 0.15) is 27.0 Å². The summed E-state index contributed by atoms with van der Waals surface area (Å²) in [5.74, 6) is -0.742. The zero-order valence-corrected chi connectivity index (χ0v) is 22.2. The van der Waals surface area contributed by atoms with Crippen LogP contribution < -0.4 is 15.5 Å². The predicted octanol–water partition coefficient (Wildman–Crippen LogP) is 5.09. The van der Waals surface area contributed by atoms with Gasteiger partial charge in [-0.15, -0.1) is 0 Å². The number of benzodiazepines with no additional fused rings is 1. The van der Waals surface area contributed by atoms with Gasteiger partial charge in [0, 0.05) is 22.4 Å². The molecular weight excluding hydrogens is 516 g/mol. The van der Waals surface area contributed by atoms with Crippen molar-refractivity contribution >= 4 is 45.8 Å². The number of aryl methyl sites for hydroxylation is 1. The van der Waals surface area contributed by atoms with Crippen molar-refractivity contribution in [1.29, 1.82) is 0 Å². The topological polar surface area (TPSA) is 120 Å². The predicted molar refractivity (Wildman–Crippen MR) is 158 cm³/mol. The number of Topliss-reactive ketones (excluding diaryl/α,β-unsaturated/α-hetero) is 1. The van der Waals surface area contributed by atoms with Crippen LogP contribution in [0.4, 0.5) is 16.2 Å². The van der Waals surface area contributed by atoms with Crippen LogP contribution in [0.25, 0.3) is 11.0 Å². The van der Waals surface area contributed by atoms with Crippen LogP contribution in [0.2, 0.25) is 0 Å².